The number of nitro groups is 1. The number of rotatable bonds is 6. The summed E-state index contributed by atoms with van der Waals surface area (Å²) in [7, 11) is 0. The van der Waals surface area contributed by atoms with Gasteiger partial charge >= 0.3 is 0 Å². The lowest BCUT2D eigenvalue weighted by Gasteiger charge is -2.22. The average Bonchev–Trinajstić information content (AvgIpc) is 2.38. The van der Waals surface area contributed by atoms with Crippen LogP contribution >= 0.6 is 0 Å². The summed E-state index contributed by atoms with van der Waals surface area (Å²) in [6.07, 6.45) is 0. The van der Waals surface area contributed by atoms with E-state index in [1.165, 1.54) is 32.0 Å². The second kappa shape index (κ2) is 6.21. The van der Waals surface area contributed by atoms with Crippen molar-refractivity contribution < 1.29 is 14.5 Å². The molecule has 0 heterocycles. The normalized spacial score (nSPS) is 10.8. The van der Waals surface area contributed by atoms with E-state index in [9.17, 15) is 19.7 Å². The van der Waals surface area contributed by atoms with Crippen molar-refractivity contribution in [2.24, 2.45) is 5.73 Å². The van der Waals surface area contributed by atoms with Crippen LogP contribution in [0.15, 0.2) is 18.2 Å². The standard InChI is InChI=1S/C13H18N4O4/c1-4-15-9-7-8(5-6-10(9)17(20)21)11(18)16-13(2,3)12(14)19/h5-7,15H,4H2,1-3H3,(H2,14,19)(H,16,18). The molecule has 4 N–H and O–H groups in total. The third-order valence-electron chi connectivity index (χ3n) is 2.86. The SMILES string of the molecule is CCNc1cc(C(=O)NC(C)(C)C(N)=O)ccc1[N+](=O)[O-]. The van der Waals surface area contributed by atoms with E-state index in [2.05, 4.69) is 10.6 Å². The minimum atomic E-state index is -1.21. The molecule has 0 aliphatic carbocycles. The van der Waals surface area contributed by atoms with Gasteiger partial charge in [0.25, 0.3) is 11.6 Å². The number of benzene rings is 1. The first kappa shape index (κ1) is 16.4. The Kier molecular flexibility index (Phi) is 4.85. The summed E-state index contributed by atoms with van der Waals surface area (Å²) in [4.78, 5) is 33.7. The number of hydrogen-bond acceptors (Lipinski definition) is 5. The number of amides is 2. The third kappa shape index (κ3) is 3.91. The number of nitro benzene ring substituents is 1. The van der Waals surface area contributed by atoms with Gasteiger partial charge < -0.3 is 16.4 Å². The van der Waals surface area contributed by atoms with Crippen LogP contribution in [0.3, 0.4) is 0 Å². The Bertz CT molecular complexity index is 584. The van der Waals surface area contributed by atoms with Crippen LogP contribution in [0.25, 0.3) is 0 Å². The molecule has 1 aromatic carbocycles. The molecule has 0 saturated carbocycles. The highest BCUT2D eigenvalue weighted by Crippen LogP contribution is 2.25. The maximum Gasteiger partial charge on any atom is 0.292 e. The molecule has 0 spiro atoms. The average molecular weight is 294 g/mol. The molecule has 0 aliphatic heterocycles. The second-order valence-corrected chi connectivity index (χ2v) is 4.96. The molecular formula is C13H18N4O4. The van der Waals surface area contributed by atoms with Crippen molar-refractivity contribution in [1.29, 1.82) is 0 Å². The lowest BCUT2D eigenvalue weighted by Crippen LogP contribution is -2.53. The number of nitrogens with one attached hydrogen (secondary N) is 2. The highest BCUT2D eigenvalue weighted by molar-refractivity contribution is 5.99. The lowest BCUT2D eigenvalue weighted by molar-refractivity contribution is -0.384. The van der Waals surface area contributed by atoms with Crippen molar-refractivity contribution >= 4 is 23.2 Å². The molecule has 1 rings (SSSR count). The first-order valence-corrected chi connectivity index (χ1v) is 6.33. The Labute approximate surface area is 121 Å². The minimum absolute atomic E-state index is 0.123. The van der Waals surface area contributed by atoms with Crippen molar-refractivity contribution in [3.05, 3.63) is 33.9 Å². The molecule has 0 fully saturated rings. The molecule has 0 saturated heterocycles. The number of carbonyl (C=O) groups excluding carboxylic acids is 2. The van der Waals surface area contributed by atoms with Gasteiger partial charge in [-0.15, -0.1) is 0 Å². The van der Waals surface area contributed by atoms with Crippen LogP contribution in [-0.4, -0.2) is 28.8 Å². The van der Waals surface area contributed by atoms with Crippen molar-refractivity contribution in [2.75, 3.05) is 11.9 Å². The van der Waals surface area contributed by atoms with E-state index >= 15 is 0 Å². The van der Waals surface area contributed by atoms with Gasteiger partial charge in [0.05, 0.1) is 4.92 Å². The predicted octanol–water partition coefficient (Wildman–Crippen LogP) is 1.02. The fraction of sp³-hybridized carbons (Fsp3) is 0.385. The molecule has 114 valence electrons. The van der Waals surface area contributed by atoms with E-state index in [0.717, 1.165) is 0 Å². The third-order valence-corrected chi connectivity index (χ3v) is 2.86. The smallest absolute Gasteiger partial charge is 0.292 e. The van der Waals surface area contributed by atoms with Gasteiger partial charge in [-0.1, -0.05) is 0 Å². The molecular weight excluding hydrogens is 276 g/mol. The van der Waals surface area contributed by atoms with Gasteiger partial charge in [-0.05, 0) is 32.9 Å². The van der Waals surface area contributed by atoms with Gasteiger partial charge in [-0.25, -0.2) is 0 Å². The molecule has 8 heteroatoms. The lowest BCUT2D eigenvalue weighted by atomic mass is 10.0. The molecule has 8 nitrogen and oxygen atoms in total. The second-order valence-electron chi connectivity index (χ2n) is 4.96. The van der Waals surface area contributed by atoms with Gasteiger partial charge in [-0.2, -0.15) is 0 Å². The van der Waals surface area contributed by atoms with Crippen molar-refractivity contribution in [3.8, 4) is 0 Å². The molecule has 1 aromatic rings. The van der Waals surface area contributed by atoms with E-state index in [0.29, 0.717) is 6.54 Å². The number of nitrogens with zero attached hydrogens (tertiary/aromatic N) is 1. The summed E-state index contributed by atoms with van der Waals surface area (Å²) in [6.45, 7) is 5.21. The summed E-state index contributed by atoms with van der Waals surface area (Å²) < 4.78 is 0. The summed E-state index contributed by atoms with van der Waals surface area (Å²) in [5, 5.41) is 16.2. The van der Waals surface area contributed by atoms with Gasteiger partial charge in [0.1, 0.15) is 11.2 Å². The fourth-order valence-electron chi connectivity index (χ4n) is 1.59. The Morgan fingerprint density at radius 3 is 2.48 bits per heavy atom. The molecule has 0 bridgehead atoms. The van der Waals surface area contributed by atoms with Gasteiger partial charge in [0.2, 0.25) is 5.91 Å². The Morgan fingerprint density at radius 1 is 1.38 bits per heavy atom. The maximum absolute atomic E-state index is 12.1. The summed E-state index contributed by atoms with van der Waals surface area (Å²) in [6, 6.07) is 3.93. The van der Waals surface area contributed by atoms with Gasteiger partial charge in [0, 0.05) is 18.2 Å². The van der Waals surface area contributed by atoms with Crippen molar-refractivity contribution in [1.82, 2.24) is 5.32 Å². The fourth-order valence-corrected chi connectivity index (χ4v) is 1.59. The number of carbonyl (C=O) groups is 2. The van der Waals surface area contributed by atoms with Crippen LogP contribution in [0.1, 0.15) is 31.1 Å². The number of primary amides is 1. The van der Waals surface area contributed by atoms with E-state index in [1.54, 1.807) is 6.92 Å². The Hall–Kier alpha value is -2.64. The summed E-state index contributed by atoms with van der Waals surface area (Å²) >= 11 is 0. The zero-order chi connectivity index (χ0) is 16.2. The van der Waals surface area contributed by atoms with E-state index in [-0.39, 0.29) is 16.9 Å². The topological polar surface area (TPSA) is 127 Å². The quantitative estimate of drug-likeness (QED) is 0.533. The highest BCUT2D eigenvalue weighted by atomic mass is 16.6. The zero-order valence-corrected chi connectivity index (χ0v) is 12.1. The molecule has 0 unspecified atom stereocenters. The van der Waals surface area contributed by atoms with Crippen LogP contribution in [-0.2, 0) is 4.79 Å². The molecule has 21 heavy (non-hydrogen) atoms. The van der Waals surface area contributed by atoms with Crippen LogP contribution in [0.4, 0.5) is 11.4 Å². The molecule has 2 amide bonds. The highest BCUT2D eigenvalue weighted by Gasteiger charge is 2.28. The minimum Gasteiger partial charge on any atom is -0.380 e. The molecule has 0 atom stereocenters. The first-order chi connectivity index (χ1) is 9.69. The number of anilines is 1. The van der Waals surface area contributed by atoms with E-state index in [4.69, 9.17) is 5.73 Å². The molecule has 0 aromatic heterocycles. The van der Waals surface area contributed by atoms with Gasteiger partial charge in [0.15, 0.2) is 0 Å². The largest absolute Gasteiger partial charge is 0.380 e. The number of hydrogen-bond donors (Lipinski definition) is 3. The monoisotopic (exact) mass is 294 g/mol. The molecule has 0 aliphatic rings. The Morgan fingerprint density at radius 2 is 2.00 bits per heavy atom. The Balaban J connectivity index is 3.09. The summed E-state index contributed by atoms with van der Waals surface area (Å²) in [5.74, 6) is -1.21. The van der Waals surface area contributed by atoms with Crippen LogP contribution in [0.5, 0.6) is 0 Å². The van der Waals surface area contributed by atoms with Crippen molar-refractivity contribution in [3.63, 3.8) is 0 Å². The molecule has 0 radical (unpaired) electrons. The van der Waals surface area contributed by atoms with E-state index in [1.807, 2.05) is 0 Å². The number of nitrogens with two attached hydrogens (primary N) is 1. The summed E-state index contributed by atoms with van der Waals surface area (Å²) in [5.41, 5.74) is 4.29. The van der Waals surface area contributed by atoms with Gasteiger partial charge in [-0.3, -0.25) is 19.7 Å². The maximum atomic E-state index is 12.1. The predicted molar refractivity (Wildman–Crippen MR) is 78.0 cm³/mol. The first-order valence-electron chi connectivity index (χ1n) is 6.33. The van der Waals surface area contributed by atoms with Crippen LogP contribution < -0.4 is 16.4 Å². The van der Waals surface area contributed by atoms with E-state index < -0.39 is 22.3 Å². The van der Waals surface area contributed by atoms with Crippen LogP contribution in [0, 0.1) is 10.1 Å². The van der Waals surface area contributed by atoms with Crippen molar-refractivity contribution in [2.45, 2.75) is 26.3 Å². The van der Waals surface area contributed by atoms with Crippen LogP contribution in [0.2, 0.25) is 0 Å². The zero-order valence-electron chi connectivity index (χ0n) is 12.1.